The van der Waals surface area contributed by atoms with Crippen molar-refractivity contribution in [3.05, 3.63) is 22.4 Å². The molecular weight excluding hydrogens is 208 g/mol. The molecule has 3 nitrogen and oxygen atoms in total. The van der Waals surface area contributed by atoms with Gasteiger partial charge in [0, 0.05) is 17.4 Å². The van der Waals surface area contributed by atoms with Crippen LogP contribution in [0, 0.1) is 5.92 Å². The summed E-state index contributed by atoms with van der Waals surface area (Å²) < 4.78 is 5.70. The summed E-state index contributed by atoms with van der Waals surface area (Å²) in [4.78, 5) is 1.31. The lowest BCUT2D eigenvalue weighted by Crippen LogP contribution is -2.36. The molecule has 1 fully saturated rings. The topological polar surface area (TPSA) is 47.3 Å². The summed E-state index contributed by atoms with van der Waals surface area (Å²) in [5.41, 5.74) is 2.94. The van der Waals surface area contributed by atoms with Crippen LogP contribution in [0.2, 0.25) is 0 Å². The van der Waals surface area contributed by atoms with Crippen molar-refractivity contribution in [2.24, 2.45) is 11.8 Å². The number of hydrogen-bond acceptors (Lipinski definition) is 4. The van der Waals surface area contributed by atoms with Gasteiger partial charge < -0.3 is 4.74 Å². The fraction of sp³-hybridized carbons (Fsp3) is 0.636. The van der Waals surface area contributed by atoms with Crippen molar-refractivity contribution in [2.45, 2.75) is 31.9 Å². The first-order valence-corrected chi connectivity index (χ1v) is 6.36. The maximum Gasteiger partial charge on any atom is 0.0620 e. The summed E-state index contributed by atoms with van der Waals surface area (Å²) in [6.07, 6.45) is 2.52. The molecule has 3 N–H and O–H groups in total. The molecule has 1 aromatic rings. The van der Waals surface area contributed by atoms with Gasteiger partial charge in [0.2, 0.25) is 0 Å². The van der Waals surface area contributed by atoms with Crippen LogP contribution in [-0.4, -0.2) is 12.7 Å². The zero-order valence-electron chi connectivity index (χ0n) is 8.98. The number of rotatable bonds is 4. The maximum atomic E-state index is 5.70. The average molecular weight is 226 g/mol. The molecule has 4 heteroatoms. The zero-order chi connectivity index (χ0) is 10.7. The highest BCUT2D eigenvalue weighted by Gasteiger charge is 2.34. The molecule has 1 aromatic heterocycles. The highest BCUT2D eigenvalue weighted by molar-refractivity contribution is 7.10. The molecule has 0 saturated carbocycles. The smallest absolute Gasteiger partial charge is 0.0620 e. The Bertz CT molecular complexity index is 289. The van der Waals surface area contributed by atoms with Gasteiger partial charge in [-0.1, -0.05) is 13.0 Å². The Morgan fingerprint density at radius 1 is 1.73 bits per heavy atom. The minimum atomic E-state index is 0.248. The van der Waals surface area contributed by atoms with E-state index >= 15 is 0 Å². The lowest BCUT2D eigenvalue weighted by Gasteiger charge is -2.25. The molecule has 0 amide bonds. The maximum absolute atomic E-state index is 5.70. The molecule has 2 heterocycles. The van der Waals surface area contributed by atoms with Crippen molar-refractivity contribution < 1.29 is 4.74 Å². The second kappa shape index (κ2) is 5.07. The van der Waals surface area contributed by atoms with Crippen molar-refractivity contribution in [1.29, 1.82) is 0 Å². The molecule has 15 heavy (non-hydrogen) atoms. The Balaban J connectivity index is 2.12. The van der Waals surface area contributed by atoms with Crippen LogP contribution < -0.4 is 11.3 Å². The van der Waals surface area contributed by atoms with Gasteiger partial charge in [-0.25, -0.2) is 0 Å². The summed E-state index contributed by atoms with van der Waals surface area (Å²) in [5.74, 6) is 6.17. The van der Waals surface area contributed by atoms with Crippen LogP contribution in [0.25, 0.3) is 0 Å². The molecule has 0 bridgehead atoms. The fourth-order valence-electron chi connectivity index (χ4n) is 2.35. The minimum absolute atomic E-state index is 0.248. The number of ether oxygens (including phenoxy) is 1. The lowest BCUT2D eigenvalue weighted by atomic mass is 9.91. The first-order valence-electron chi connectivity index (χ1n) is 5.48. The second-order valence-corrected chi connectivity index (χ2v) is 4.91. The zero-order valence-corrected chi connectivity index (χ0v) is 9.80. The quantitative estimate of drug-likeness (QED) is 0.610. The summed E-state index contributed by atoms with van der Waals surface area (Å²) >= 11 is 1.76. The Kier molecular flexibility index (Phi) is 3.75. The number of hydrogen-bond donors (Lipinski definition) is 2. The minimum Gasteiger partial charge on any atom is -0.378 e. The third-order valence-electron chi connectivity index (χ3n) is 3.12. The van der Waals surface area contributed by atoms with E-state index in [-0.39, 0.29) is 6.04 Å². The monoisotopic (exact) mass is 226 g/mol. The van der Waals surface area contributed by atoms with Gasteiger partial charge in [0.15, 0.2) is 0 Å². The van der Waals surface area contributed by atoms with Crippen molar-refractivity contribution in [2.75, 3.05) is 6.61 Å². The van der Waals surface area contributed by atoms with Crippen molar-refractivity contribution in [3.63, 3.8) is 0 Å². The average Bonchev–Trinajstić information content (AvgIpc) is 2.89. The predicted molar refractivity (Wildman–Crippen MR) is 62.5 cm³/mol. The van der Waals surface area contributed by atoms with Crippen molar-refractivity contribution >= 4 is 11.3 Å². The van der Waals surface area contributed by atoms with Gasteiger partial charge in [-0.15, -0.1) is 11.3 Å². The van der Waals surface area contributed by atoms with E-state index in [1.165, 1.54) is 4.88 Å². The van der Waals surface area contributed by atoms with Gasteiger partial charge in [-0.2, -0.15) is 0 Å². The third kappa shape index (κ3) is 2.23. The number of nitrogens with one attached hydrogen (secondary N) is 1. The molecule has 3 atom stereocenters. The van der Waals surface area contributed by atoms with E-state index in [1.807, 2.05) is 0 Å². The number of thiophene rings is 1. The lowest BCUT2D eigenvalue weighted by molar-refractivity contribution is 0.0778. The second-order valence-electron chi connectivity index (χ2n) is 3.93. The van der Waals surface area contributed by atoms with Crippen LogP contribution in [0.5, 0.6) is 0 Å². The molecule has 2 rings (SSSR count). The summed E-state index contributed by atoms with van der Waals surface area (Å²) in [7, 11) is 0. The van der Waals surface area contributed by atoms with E-state index in [1.54, 1.807) is 11.3 Å². The molecule has 0 aromatic carbocycles. The largest absolute Gasteiger partial charge is 0.378 e. The standard InChI is InChI=1S/C11H18N2OS/c1-2-9-8(5-6-14-9)11(13-12)10-4-3-7-15-10/h3-4,7-9,11,13H,2,5-6,12H2,1H3. The van der Waals surface area contributed by atoms with Gasteiger partial charge >= 0.3 is 0 Å². The van der Waals surface area contributed by atoms with E-state index < -0.39 is 0 Å². The van der Waals surface area contributed by atoms with Crippen LogP contribution in [0.4, 0.5) is 0 Å². The molecule has 0 spiro atoms. The third-order valence-corrected chi connectivity index (χ3v) is 4.08. The summed E-state index contributed by atoms with van der Waals surface area (Å²) in [5, 5.41) is 2.09. The fourth-order valence-corrected chi connectivity index (χ4v) is 3.21. The number of nitrogens with two attached hydrogens (primary N) is 1. The summed E-state index contributed by atoms with van der Waals surface area (Å²) in [6.45, 7) is 3.04. The van der Waals surface area contributed by atoms with Crippen molar-refractivity contribution in [3.8, 4) is 0 Å². The predicted octanol–water partition coefficient (Wildman–Crippen LogP) is 2.07. The molecule has 0 radical (unpaired) electrons. The Morgan fingerprint density at radius 2 is 2.60 bits per heavy atom. The van der Waals surface area contributed by atoms with Crippen LogP contribution in [0.15, 0.2) is 17.5 Å². The molecule has 0 aliphatic carbocycles. The van der Waals surface area contributed by atoms with Crippen molar-refractivity contribution in [1.82, 2.24) is 5.43 Å². The number of hydrazine groups is 1. The van der Waals surface area contributed by atoms with Gasteiger partial charge in [0.1, 0.15) is 0 Å². The molecule has 1 aliphatic heterocycles. The molecule has 1 saturated heterocycles. The first-order chi connectivity index (χ1) is 7.36. The normalized spacial score (nSPS) is 28.1. The van der Waals surface area contributed by atoms with E-state index in [9.17, 15) is 0 Å². The molecule has 84 valence electrons. The van der Waals surface area contributed by atoms with Crippen LogP contribution in [0.3, 0.4) is 0 Å². The highest BCUT2D eigenvalue weighted by atomic mass is 32.1. The van der Waals surface area contributed by atoms with Crippen LogP contribution in [0.1, 0.15) is 30.7 Å². The van der Waals surface area contributed by atoms with E-state index in [0.717, 1.165) is 19.4 Å². The van der Waals surface area contributed by atoms with Crippen LogP contribution >= 0.6 is 11.3 Å². The van der Waals surface area contributed by atoms with Gasteiger partial charge in [-0.3, -0.25) is 11.3 Å². The molecular formula is C11H18N2OS. The highest BCUT2D eigenvalue weighted by Crippen LogP contribution is 2.35. The van der Waals surface area contributed by atoms with Gasteiger partial charge in [0.05, 0.1) is 12.1 Å². The Hall–Kier alpha value is -0.420. The Morgan fingerprint density at radius 3 is 3.20 bits per heavy atom. The van der Waals surface area contributed by atoms with E-state index in [0.29, 0.717) is 12.0 Å². The van der Waals surface area contributed by atoms with Crippen LogP contribution in [-0.2, 0) is 4.74 Å². The van der Waals surface area contributed by atoms with Gasteiger partial charge in [-0.05, 0) is 24.3 Å². The molecule has 1 aliphatic rings. The van der Waals surface area contributed by atoms with Gasteiger partial charge in [0.25, 0.3) is 0 Å². The first kappa shape index (κ1) is 11.1. The molecule has 3 unspecified atom stereocenters. The Labute approximate surface area is 94.6 Å². The SMILES string of the molecule is CCC1OCCC1C(NN)c1cccs1. The van der Waals surface area contributed by atoms with E-state index in [4.69, 9.17) is 10.6 Å². The summed E-state index contributed by atoms with van der Waals surface area (Å²) in [6, 6.07) is 4.46. The van der Waals surface area contributed by atoms with E-state index in [2.05, 4.69) is 29.9 Å².